The maximum atomic E-state index is 11.1. The van der Waals surface area contributed by atoms with Crippen LogP contribution < -0.4 is 10.9 Å². The topological polar surface area (TPSA) is 61.0 Å². The molecule has 5 nitrogen and oxygen atoms in total. The zero-order valence-corrected chi connectivity index (χ0v) is 10.3. The second kappa shape index (κ2) is 5.82. The van der Waals surface area contributed by atoms with E-state index in [0.717, 1.165) is 25.9 Å². The lowest BCUT2D eigenvalue weighted by molar-refractivity contribution is 0.219. The van der Waals surface area contributed by atoms with Crippen molar-refractivity contribution in [1.29, 1.82) is 0 Å². The molecule has 0 aliphatic carbocycles. The molecule has 0 spiro atoms. The van der Waals surface area contributed by atoms with Gasteiger partial charge < -0.3 is 15.2 Å². The lowest BCUT2D eigenvalue weighted by Crippen LogP contribution is -2.39. The molecule has 0 bridgehead atoms. The minimum absolute atomic E-state index is 0.106. The van der Waals surface area contributed by atoms with Gasteiger partial charge in [-0.1, -0.05) is 6.92 Å². The number of likely N-dealkylation sites (tertiary alicyclic amines) is 1. The zero-order valence-electron chi connectivity index (χ0n) is 10.3. The van der Waals surface area contributed by atoms with Gasteiger partial charge in [0.2, 0.25) is 0 Å². The minimum atomic E-state index is -0.106. The van der Waals surface area contributed by atoms with E-state index in [1.54, 1.807) is 0 Å². The Bertz CT molecular complexity index is 395. The summed E-state index contributed by atoms with van der Waals surface area (Å²) in [5, 5.41) is 3.33. The van der Waals surface area contributed by atoms with Gasteiger partial charge in [0.25, 0.3) is 5.56 Å². The van der Waals surface area contributed by atoms with Crippen LogP contribution in [-0.2, 0) is 0 Å². The molecule has 1 saturated heterocycles. The second-order valence-electron chi connectivity index (χ2n) is 4.56. The molecule has 1 fully saturated rings. The summed E-state index contributed by atoms with van der Waals surface area (Å²) >= 11 is 0. The van der Waals surface area contributed by atoms with Gasteiger partial charge in [-0.15, -0.1) is 0 Å². The van der Waals surface area contributed by atoms with Gasteiger partial charge in [-0.25, -0.2) is 4.98 Å². The van der Waals surface area contributed by atoms with Crippen molar-refractivity contribution in [1.82, 2.24) is 14.9 Å². The number of nitrogens with one attached hydrogen (secondary N) is 2. The first-order valence-corrected chi connectivity index (χ1v) is 6.31. The first-order chi connectivity index (χ1) is 8.28. The minimum Gasteiger partial charge on any atom is -0.367 e. The summed E-state index contributed by atoms with van der Waals surface area (Å²) in [5.41, 5.74) is -0.106. The zero-order chi connectivity index (χ0) is 12.1. The Labute approximate surface area is 101 Å². The number of piperidine rings is 1. The van der Waals surface area contributed by atoms with Crippen molar-refractivity contribution >= 4 is 5.82 Å². The molecule has 94 valence electrons. The van der Waals surface area contributed by atoms with Crippen LogP contribution in [0.3, 0.4) is 0 Å². The van der Waals surface area contributed by atoms with Gasteiger partial charge in [0, 0.05) is 25.2 Å². The van der Waals surface area contributed by atoms with Gasteiger partial charge in [0.1, 0.15) is 5.82 Å². The van der Waals surface area contributed by atoms with Gasteiger partial charge in [0.15, 0.2) is 0 Å². The summed E-state index contributed by atoms with van der Waals surface area (Å²) in [5.74, 6) is 0.683. The van der Waals surface area contributed by atoms with Crippen LogP contribution in [0.4, 0.5) is 5.82 Å². The van der Waals surface area contributed by atoms with E-state index in [1.165, 1.54) is 25.4 Å². The standard InChI is InChI=1S/C12H20N4O/c1-2-5-16-6-3-10(4-7-16)15-11-8-12(17)14-9-13-11/h8-10H,2-7H2,1H3,(H2,13,14,15,17). The SMILES string of the molecule is CCCN1CCC(Nc2cc(=O)[nH]cn2)CC1. The van der Waals surface area contributed by atoms with Crippen LogP contribution in [-0.4, -0.2) is 40.5 Å². The molecule has 0 atom stereocenters. The molecule has 0 unspecified atom stereocenters. The van der Waals surface area contributed by atoms with Crippen LogP contribution >= 0.6 is 0 Å². The number of nitrogens with zero attached hydrogens (tertiary/aromatic N) is 2. The molecule has 17 heavy (non-hydrogen) atoms. The average Bonchev–Trinajstić information content (AvgIpc) is 2.32. The van der Waals surface area contributed by atoms with Gasteiger partial charge in [-0.2, -0.15) is 0 Å². The molecule has 0 aromatic carbocycles. The molecule has 5 heteroatoms. The third-order valence-electron chi connectivity index (χ3n) is 3.16. The Kier molecular flexibility index (Phi) is 4.14. The van der Waals surface area contributed by atoms with Gasteiger partial charge in [-0.3, -0.25) is 4.79 Å². The fraction of sp³-hybridized carbons (Fsp3) is 0.667. The van der Waals surface area contributed by atoms with E-state index >= 15 is 0 Å². The lowest BCUT2D eigenvalue weighted by atomic mass is 10.0. The highest BCUT2D eigenvalue weighted by Crippen LogP contribution is 2.14. The van der Waals surface area contributed by atoms with Crippen LogP contribution in [0, 0.1) is 0 Å². The van der Waals surface area contributed by atoms with Crippen molar-refractivity contribution < 1.29 is 0 Å². The van der Waals surface area contributed by atoms with Gasteiger partial charge in [0.05, 0.1) is 6.33 Å². The van der Waals surface area contributed by atoms with Crippen molar-refractivity contribution in [3.63, 3.8) is 0 Å². The molecule has 2 rings (SSSR count). The van der Waals surface area contributed by atoms with E-state index in [-0.39, 0.29) is 5.56 Å². The van der Waals surface area contributed by atoms with Crippen molar-refractivity contribution in [3.8, 4) is 0 Å². The fourth-order valence-electron chi connectivity index (χ4n) is 2.27. The van der Waals surface area contributed by atoms with Gasteiger partial charge >= 0.3 is 0 Å². The fourth-order valence-corrected chi connectivity index (χ4v) is 2.27. The van der Waals surface area contributed by atoms with E-state index in [0.29, 0.717) is 11.9 Å². The highest BCUT2D eigenvalue weighted by Gasteiger charge is 2.18. The number of hydrogen-bond acceptors (Lipinski definition) is 4. The predicted octanol–water partition coefficient (Wildman–Crippen LogP) is 1.06. The van der Waals surface area contributed by atoms with Crippen LogP contribution in [0.1, 0.15) is 26.2 Å². The highest BCUT2D eigenvalue weighted by molar-refractivity contribution is 5.33. The smallest absolute Gasteiger partial charge is 0.252 e. The molecule has 0 radical (unpaired) electrons. The summed E-state index contributed by atoms with van der Waals surface area (Å²) in [6, 6.07) is 1.95. The van der Waals surface area contributed by atoms with E-state index in [4.69, 9.17) is 0 Å². The number of H-pyrrole nitrogens is 1. The summed E-state index contributed by atoms with van der Waals surface area (Å²) in [6.45, 7) is 5.67. The third kappa shape index (κ3) is 3.56. The third-order valence-corrected chi connectivity index (χ3v) is 3.16. The Morgan fingerprint density at radius 1 is 1.53 bits per heavy atom. The van der Waals surface area contributed by atoms with Crippen LogP contribution in [0.2, 0.25) is 0 Å². The van der Waals surface area contributed by atoms with Crippen LogP contribution in [0.15, 0.2) is 17.2 Å². The van der Waals surface area contributed by atoms with Crippen LogP contribution in [0.5, 0.6) is 0 Å². The molecular weight excluding hydrogens is 216 g/mol. The monoisotopic (exact) mass is 236 g/mol. The normalized spacial score (nSPS) is 18.2. The van der Waals surface area contributed by atoms with Crippen LogP contribution in [0.25, 0.3) is 0 Å². The molecule has 2 heterocycles. The number of hydrogen-bond donors (Lipinski definition) is 2. The quantitative estimate of drug-likeness (QED) is 0.820. The van der Waals surface area contributed by atoms with E-state index in [1.807, 2.05) is 0 Å². The predicted molar refractivity (Wildman–Crippen MR) is 68.2 cm³/mol. The Hall–Kier alpha value is -1.36. The first kappa shape index (κ1) is 12.1. The molecule has 1 aliphatic rings. The average molecular weight is 236 g/mol. The number of aromatic amines is 1. The molecular formula is C12H20N4O. The molecule has 2 N–H and O–H groups in total. The van der Waals surface area contributed by atoms with Crippen molar-refractivity contribution in [2.24, 2.45) is 0 Å². The Balaban J connectivity index is 1.84. The molecule has 1 aliphatic heterocycles. The van der Waals surface area contributed by atoms with E-state index in [9.17, 15) is 4.79 Å². The highest BCUT2D eigenvalue weighted by atomic mass is 16.1. The molecule has 1 aromatic rings. The molecule has 0 amide bonds. The van der Waals surface area contributed by atoms with E-state index in [2.05, 4.69) is 27.1 Å². The largest absolute Gasteiger partial charge is 0.367 e. The molecule has 0 saturated carbocycles. The van der Waals surface area contributed by atoms with Crippen molar-refractivity contribution in [2.75, 3.05) is 25.0 Å². The summed E-state index contributed by atoms with van der Waals surface area (Å²) < 4.78 is 0. The second-order valence-corrected chi connectivity index (χ2v) is 4.56. The number of aromatic nitrogens is 2. The maximum Gasteiger partial charge on any atom is 0.252 e. The van der Waals surface area contributed by atoms with Crippen molar-refractivity contribution in [2.45, 2.75) is 32.2 Å². The summed E-state index contributed by atoms with van der Waals surface area (Å²) in [7, 11) is 0. The summed E-state index contributed by atoms with van der Waals surface area (Å²) in [6.07, 6.45) is 4.90. The maximum absolute atomic E-state index is 11.1. The Morgan fingerprint density at radius 2 is 2.29 bits per heavy atom. The number of anilines is 1. The van der Waals surface area contributed by atoms with Crippen molar-refractivity contribution in [3.05, 3.63) is 22.7 Å². The van der Waals surface area contributed by atoms with E-state index < -0.39 is 0 Å². The lowest BCUT2D eigenvalue weighted by Gasteiger charge is -2.32. The first-order valence-electron chi connectivity index (χ1n) is 6.31. The summed E-state index contributed by atoms with van der Waals surface area (Å²) in [4.78, 5) is 20.2. The number of rotatable bonds is 4. The Morgan fingerprint density at radius 3 is 2.94 bits per heavy atom. The molecule has 1 aromatic heterocycles. The van der Waals surface area contributed by atoms with Gasteiger partial charge in [-0.05, 0) is 25.8 Å².